The quantitative estimate of drug-likeness (QED) is 0.865. The van der Waals surface area contributed by atoms with Gasteiger partial charge in [-0.2, -0.15) is 5.10 Å². The Morgan fingerprint density at radius 3 is 2.88 bits per heavy atom. The molecule has 1 N–H and O–H groups in total. The number of nitrogens with zero attached hydrogens (tertiary/aromatic N) is 2. The maximum atomic E-state index is 10.4. The lowest BCUT2D eigenvalue weighted by atomic mass is 9.97. The van der Waals surface area contributed by atoms with Gasteiger partial charge in [-0.3, -0.25) is 4.68 Å². The summed E-state index contributed by atoms with van der Waals surface area (Å²) in [6.45, 7) is 5.97. The van der Waals surface area contributed by atoms with Gasteiger partial charge in [0.25, 0.3) is 0 Å². The first-order valence-electron chi connectivity index (χ1n) is 6.52. The minimum atomic E-state index is -0.737. The van der Waals surface area contributed by atoms with E-state index >= 15 is 0 Å². The van der Waals surface area contributed by atoms with Crippen LogP contribution in [-0.2, 0) is 24.1 Å². The molecule has 0 aromatic carbocycles. The molecule has 0 aliphatic carbocycles. The Kier molecular flexibility index (Phi) is 3.84. The Morgan fingerprint density at radius 1 is 1.47 bits per heavy atom. The largest absolute Gasteiger partial charge is 0.386 e. The summed E-state index contributed by atoms with van der Waals surface area (Å²) < 4.78 is 7.32. The van der Waals surface area contributed by atoms with Crippen molar-refractivity contribution in [2.24, 2.45) is 0 Å². The van der Waals surface area contributed by atoms with Crippen LogP contribution < -0.4 is 0 Å². The maximum absolute atomic E-state index is 10.4. The lowest BCUT2D eigenvalue weighted by Crippen LogP contribution is -2.43. The van der Waals surface area contributed by atoms with Gasteiger partial charge in [0.15, 0.2) is 0 Å². The van der Waals surface area contributed by atoms with Gasteiger partial charge in [-0.15, -0.1) is 0 Å². The molecule has 4 nitrogen and oxygen atoms in total. The molecule has 1 aromatic heterocycles. The third-order valence-electron chi connectivity index (χ3n) is 3.38. The van der Waals surface area contributed by atoms with Crippen LogP contribution in [0.3, 0.4) is 0 Å². The maximum Gasteiger partial charge on any atom is 0.108 e. The second-order valence-corrected chi connectivity index (χ2v) is 4.87. The van der Waals surface area contributed by atoms with Gasteiger partial charge in [0, 0.05) is 12.3 Å². The Labute approximate surface area is 103 Å². The zero-order chi connectivity index (χ0) is 12.3. The van der Waals surface area contributed by atoms with Crippen LogP contribution in [0.15, 0.2) is 6.07 Å². The Bertz CT molecular complexity index is 367. The summed E-state index contributed by atoms with van der Waals surface area (Å²) in [6.07, 6.45) is 3.62. The Balaban J connectivity index is 2.13. The number of aryl methyl sites for hydroxylation is 2. The molecule has 1 fully saturated rings. The third kappa shape index (κ3) is 2.87. The van der Waals surface area contributed by atoms with Crippen LogP contribution in [0.4, 0.5) is 0 Å². The zero-order valence-corrected chi connectivity index (χ0v) is 10.8. The SMILES string of the molecule is CCc1cc(CC)n(CC2(O)CCCOC2)n1. The average Bonchev–Trinajstić information content (AvgIpc) is 2.71. The van der Waals surface area contributed by atoms with Crippen LogP contribution in [0.2, 0.25) is 0 Å². The van der Waals surface area contributed by atoms with Crippen molar-refractivity contribution in [3.05, 3.63) is 17.5 Å². The first-order valence-corrected chi connectivity index (χ1v) is 6.52. The van der Waals surface area contributed by atoms with Crippen LogP contribution >= 0.6 is 0 Å². The molecule has 2 heterocycles. The van der Waals surface area contributed by atoms with Gasteiger partial charge in [0.1, 0.15) is 5.60 Å². The van der Waals surface area contributed by atoms with E-state index in [-0.39, 0.29) is 0 Å². The van der Waals surface area contributed by atoms with Gasteiger partial charge < -0.3 is 9.84 Å². The van der Waals surface area contributed by atoms with Crippen molar-refractivity contribution in [1.82, 2.24) is 9.78 Å². The molecule has 0 amide bonds. The molecule has 0 radical (unpaired) electrons. The lowest BCUT2D eigenvalue weighted by Gasteiger charge is -2.32. The minimum absolute atomic E-state index is 0.428. The van der Waals surface area contributed by atoms with E-state index in [0.29, 0.717) is 13.2 Å². The van der Waals surface area contributed by atoms with E-state index < -0.39 is 5.60 Å². The summed E-state index contributed by atoms with van der Waals surface area (Å²) >= 11 is 0. The third-order valence-corrected chi connectivity index (χ3v) is 3.38. The summed E-state index contributed by atoms with van der Waals surface area (Å²) in [5, 5.41) is 15.0. The van der Waals surface area contributed by atoms with Crippen molar-refractivity contribution in [2.75, 3.05) is 13.2 Å². The number of aromatic nitrogens is 2. The van der Waals surface area contributed by atoms with Gasteiger partial charge in [0.05, 0.1) is 18.8 Å². The summed E-state index contributed by atoms with van der Waals surface area (Å²) in [4.78, 5) is 0. The monoisotopic (exact) mass is 238 g/mol. The van der Waals surface area contributed by atoms with E-state index in [1.165, 1.54) is 5.69 Å². The fourth-order valence-electron chi connectivity index (χ4n) is 2.35. The molecule has 1 unspecified atom stereocenters. The second-order valence-electron chi connectivity index (χ2n) is 4.87. The molecule has 1 atom stereocenters. The van der Waals surface area contributed by atoms with Gasteiger partial charge >= 0.3 is 0 Å². The summed E-state index contributed by atoms with van der Waals surface area (Å²) in [5.41, 5.74) is 1.56. The van der Waals surface area contributed by atoms with Gasteiger partial charge in [-0.1, -0.05) is 13.8 Å². The number of rotatable bonds is 4. The van der Waals surface area contributed by atoms with E-state index in [2.05, 4.69) is 25.0 Å². The van der Waals surface area contributed by atoms with Crippen molar-refractivity contribution in [3.8, 4) is 0 Å². The standard InChI is InChI=1S/C13H22N2O2/c1-3-11-8-12(4-2)15(14-11)9-13(16)6-5-7-17-10-13/h8,16H,3-7,9-10H2,1-2H3. The molecule has 1 aliphatic rings. The average molecular weight is 238 g/mol. The predicted molar refractivity (Wildman–Crippen MR) is 66.0 cm³/mol. The summed E-state index contributed by atoms with van der Waals surface area (Å²) in [6, 6.07) is 2.13. The molecule has 0 spiro atoms. The van der Waals surface area contributed by atoms with Gasteiger partial charge in [-0.25, -0.2) is 0 Å². The number of ether oxygens (including phenoxy) is 1. The zero-order valence-electron chi connectivity index (χ0n) is 10.8. The number of hydrogen-bond acceptors (Lipinski definition) is 3. The minimum Gasteiger partial charge on any atom is -0.386 e. The second kappa shape index (κ2) is 5.19. The first-order chi connectivity index (χ1) is 8.17. The molecular weight excluding hydrogens is 216 g/mol. The van der Waals surface area contributed by atoms with Crippen molar-refractivity contribution >= 4 is 0 Å². The Morgan fingerprint density at radius 2 is 2.29 bits per heavy atom. The van der Waals surface area contributed by atoms with E-state index in [1.807, 2.05) is 4.68 Å². The van der Waals surface area contributed by atoms with Crippen LogP contribution in [0.25, 0.3) is 0 Å². The van der Waals surface area contributed by atoms with E-state index in [0.717, 1.165) is 38.0 Å². The van der Waals surface area contributed by atoms with Gasteiger partial charge in [0.2, 0.25) is 0 Å². The molecule has 1 aliphatic heterocycles. The fraction of sp³-hybridized carbons (Fsp3) is 0.769. The molecule has 4 heteroatoms. The number of aliphatic hydroxyl groups is 1. The van der Waals surface area contributed by atoms with Crippen LogP contribution in [0.1, 0.15) is 38.1 Å². The van der Waals surface area contributed by atoms with Crippen molar-refractivity contribution in [1.29, 1.82) is 0 Å². The molecule has 96 valence electrons. The van der Waals surface area contributed by atoms with Crippen LogP contribution in [-0.4, -0.2) is 33.7 Å². The highest BCUT2D eigenvalue weighted by Crippen LogP contribution is 2.22. The fourth-order valence-corrected chi connectivity index (χ4v) is 2.35. The van der Waals surface area contributed by atoms with E-state index in [9.17, 15) is 5.11 Å². The van der Waals surface area contributed by atoms with Crippen molar-refractivity contribution in [3.63, 3.8) is 0 Å². The summed E-state index contributed by atoms with van der Waals surface area (Å²) in [7, 11) is 0. The van der Waals surface area contributed by atoms with Crippen LogP contribution in [0.5, 0.6) is 0 Å². The predicted octanol–water partition coefficient (Wildman–Crippen LogP) is 1.55. The highest BCUT2D eigenvalue weighted by molar-refractivity contribution is 5.11. The topological polar surface area (TPSA) is 47.3 Å². The van der Waals surface area contributed by atoms with E-state index in [4.69, 9.17) is 4.74 Å². The first kappa shape index (κ1) is 12.6. The highest BCUT2D eigenvalue weighted by Gasteiger charge is 2.31. The lowest BCUT2D eigenvalue weighted by molar-refractivity contribution is -0.0961. The normalized spacial score (nSPS) is 25.1. The van der Waals surface area contributed by atoms with Gasteiger partial charge in [-0.05, 0) is 31.7 Å². The summed E-state index contributed by atoms with van der Waals surface area (Å²) in [5.74, 6) is 0. The van der Waals surface area contributed by atoms with E-state index in [1.54, 1.807) is 0 Å². The molecule has 0 saturated carbocycles. The molecule has 1 aromatic rings. The molecule has 1 saturated heterocycles. The van der Waals surface area contributed by atoms with Crippen LogP contribution in [0, 0.1) is 0 Å². The molecule has 2 rings (SSSR count). The molecule has 0 bridgehead atoms. The smallest absolute Gasteiger partial charge is 0.108 e. The number of hydrogen-bond donors (Lipinski definition) is 1. The Hall–Kier alpha value is -0.870. The van der Waals surface area contributed by atoms with Crippen molar-refractivity contribution in [2.45, 2.75) is 51.7 Å². The van der Waals surface area contributed by atoms with Crippen molar-refractivity contribution < 1.29 is 9.84 Å². The highest BCUT2D eigenvalue weighted by atomic mass is 16.5. The molecular formula is C13H22N2O2. The molecule has 17 heavy (non-hydrogen) atoms.